The molecule has 31 heavy (non-hydrogen) atoms. The van der Waals surface area contributed by atoms with Gasteiger partial charge in [0.05, 0.1) is 6.10 Å². The van der Waals surface area contributed by atoms with Crippen molar-refractivity contribution in [1.82, 2.24) is 10.6 Å². The van der Waals surface area contributed by atoms with Crippen molar-refractivity contribution in [3.8, 4) is 0 Å². The van der Waals surface area contributed by atoms with Gasteiger partial charge in [-0.2, -0.15) is 0 Å². The molecule has 2 N–H and O–H groups in total. The van der Waals surface area contributed by atoms with Crippen LogP contribution in [0.4, 0.5) is 0 Å². The summed E-state index contributed by atoms with van der Waals surface area (Å²) in [6.07, 6.45) is 7.99. The summed E-state index contributed by atoms with van der Waals surface area (Å²) in [5, 5.41) is 6.73. The van der Waals surface area contributed by atoms with Crippen molar-refractivity contribution >= 4 is 29.9 Å². The van der Waals surface area contributed by atoms with Crippen LogP contribution in [0, 0.1) is 5.92 Å². The lowest BCUT2D eigenvalue weighted by molar-refractivity contribution is 0.0203. The third kappa shape index (κ3) is 9.63. The molecule has 0 aromatic heterocycles. The average Bonchev–Trinajstić information content (AvgIpc) is 2.80. The molecule has 1 saturated heterocycles. The predicted molar refractivity (Wildman–Crippen MR) is 136 cm³/mol. The summed E-state index contributed by atoms with van der Waals surface area (Å²) in [4.78, 5) is 4.30. The van der Waals surface area contributed by atoms with Gasteiger partial charge in [0.2, 0.25) is 0 Å². The molecule has 1 aliphatic carbocycles. The number of aryl methyl sites for hydroxylation is 1. The highest BCUT2D eigenvalue weighted by Crippen LogP contribution is 2.32. The van der Waals surface area contributed by atoms with E-state index < -0.39 is 0 Å². The zero-order valence-corrected chi connectivity index (χ0v) is 21.3. The van der Waals surface area contributed by atoms with Crippen LogP contribution in [0.3, 0.4) is 0 Å². The van der Waals surface area contributed by atoms with Crippen LogP contribution in [0.25, 0.3) is 0 Å². The first-order valence-electron chi connectivity index (χ1n) is 11.7. The summed E-state index contributed by atoms with van der Waals surface area (Å²) in [6.45, 7) is 5.91. The Morgan fingerprint density at radius 1 is 1.06 bits per heavy atom. The van der Waals surface area contributed by atoms with Gasteiger partial charge in [-0.1, -0.05) is 24.3 Å². The van der Waals surface area contributed by atoms with Gasteiger partial charge in [-0.3, -0.25) is 4.99 Å². The quantitative estimate of drug-likeness (QED) is 0.190. The third-order valence-corrected chi connectivity index (χ3v) is 5.92. The zero-order chi connectivity index (χ0) is 20.9. The number of aliphatic imine (C=N–C) groups is 1. The summed E-state index contributed by atoms with van der Waals surface area (Å²) >= 11 is 0. The molecule has 1 aromatic rings. The Hall–Kier alpha value is -0.900. The van der Waals surface area contributed by atoms with Crippen LogP contribution < -0.4 is 10.6 Å². The van der Waals surface area contributed by atoms with E-state index in [9.17, 15) is 0 Å². The molecule has 0 saturated carbocycles. The maximum Gasteiger partial charge on any atom is 0.190 e. The molecule has 1 aromatic carbocycles. The van der Waals surface area contributed by atoms with Crippen LogP contribution in [0.1, 0.15) is 55.8 Å². The van der Waals surface area contributed by atoms with Gasteiger partial charge in [0.1, 0.15) is 0 Å². The highest BCUT2D eigenvalue weighted by molar-refractivity contribution is 14.0. The van der Waals surface area contributed by atoms with Crippen molar-refractivity contribution in [3.05, 3.63) is 35.4 Å². The van der Waals surface area contributed by atoms with Crippen molar-refractivity contribution in [3.63, 3.8) is 0 Å². The lowest BCUT2D eigenvalue weighted by atomic mass is 9.89. The normalized spacial score (nSPS) is 19.4. The fourth-order valence-electron chi connectivity index (χ4n) is 4.15. The van der Waals surface area contributed by atoms with E-state index in [1.54, 1.807) is 0 Å². The number of nitrogens with one attached hydrogen (secondary N) is 2. The number of nitrogens with zero attached hydrogens (tertiary/aromatic N) is 1. The Morgan fingerprint density at radius 3 is 2.58 bits per heavy atom. The second-order valence-electron chi connectivity index (χ2n) is 8.21. The number of ether oxygens (including phenoxy) is 3. The van der Waals surface area contributed by atoms with Crippen molar-refractivity contribution in [1.29, 1.82) is 0 Å². The first-order valence-corrected chi connectivity index (χ1v) is 11.7. The third-order valence-electron chi connectivity index (χ3n) is 5.92. The first kappa shape index (κ1) is 26.4. The molecular weight excluding hydrogens is 505 g/mol. The Bertz CT molecular complexity index is 638. The molecule has 1 atom stereocenters. The van der Waals surface area contributed by atoms with E-state index in [2.05, 4.69) is 39.9 Å². The number of rotatable bonds is 11. The topological polar surface area (TPSA) is 64.1 Å². The fraction of sp³-hybridized carbons (Fsp3) is 0.708. The number of hydrogen-bond acceptors (Lipinski definition) is 4. The number of guanidine groups is 1. The number of fused-ring (bicyclic) bond motifs is 1. The van der Waals surface area contributed by atoms with Gasteiger partial charge in [0, 0.05) is 53.2 Å². The minimum absolute atomic E-state index is 0. The molecule has 3 rings (SSSR count). The van der Waals surface area contributed by atoms with Gasteiger partial charge in [0.25, 0.3) is 0 Å². The minimum Gasteiger partial charge on any atom is -0.381 e. The average molecular weight is 546 g/mol. The van der Waals surface area contributed by atoms with Crippen molar-refractivity contribution < 1.29 is 14.2 Å². The second-order valence-corrected chi connectivity index (χ2v) is 8.21. The monoisotopic (exact) mass is 545 g/mol. The lowest BCUT2D eigenvalue weighted by Gasteiger charge is -2.25. The molecule has 0 radical (unpaired) electrons. The van der Waals surface area contributed by atoms with Gasteiger partial charge >= 0.3 is 0 Å². The molecule has 7 heteroatoms. The summed E-state index contributed by atoms with van der Waals surface area (Å²) in [5.41, 5.74) is 2.83. The molecule has 2 aliphatic rings. The minimum atomic E-state index is 0. The van der Waals surface area contributed by atoms with Crippen molar-refractivity contribution in [2.24, 2.45) is 10.9 Å². The van der Waals surface area contributed by atoms with E-state index in [0.29, 0.717) is 5.92 Å². The number of benzene rings is 1. The van der Waals surface area contributed by atoms with E-state index >= 15 is 0 Å². The molecule has 1 aliphatic heterocycles. The standard InChI is InChI=1S/C24H39N3O3.HI/c1-25-24(26-13-5-15-29-19-20-11-17-28-18-12-20)27-14-6-16-30-23-10-4-8-21-7-2-3-9-22(21)23;/h2-3,7,9,20,23H,4-6,8,10-19H2,1H3,(H2,25,26,27);1H. The maximum atomic E-state index is 6.18. The van der Waals surface area contributed by atoms with Crippen LogP contribution in [-0.2, 0) is 20.6 Å². The number of halogens is 1. The van der Waals surface area contributed by atoms with Crippen LogP contribution in [0.15, 0.2) is 29.3 Å². The SMILES string of the molecule is CN=C(NCCCOCC1CCOCC1)NCCCOC1CCCc2ccccc21.I. The van der Waals surface area contributed by atoms with Crippen molar-refractivity contribution in [2.45, 2.75) is 51.0 Å². The molecule has 6 nitrogen and oxygen atoms in total. The molecule has 1 heterocycles. The van der Waals surface area contributed by atoms with E-state index in [1.807, 2.05) is 7.05 Å². The van der Waals surface area contributed by atoms with Gasteiger partial charge in [-0.15, -0.1) is 24.0 Å². The maximum absolute atomic E-state index is 6.18. The fourth-order valence-corrected chi connectivity index (χ4v) is 4.15. The molecule has 1 fully saturated rings. The van der Waals surface area contributed by atoms with Crippen LogP contribution in [0.2, 0.25) is 0 Å². The van der Waals surface area contributed by atoms with Crippen LogP contribution in [0.5, 0.6) is 0 Å². The summed E-state index contributed by atoms with van der Waals surface area (Å²) < 4.78 is 17.4. The molecule has 176 valence electrons. The predicted octanol–water partition coefficient (Wildman–Crippen LogP) is 4.09. The van der Waals surface area contributed by atoms with E-state index in [-0.39, 0.29) is 30.1 Å². The Kier molecular flexibility index (Phi) is 13.5. The highest BCUT2D eigenvalue weighted by Gasteiger charge is 2.19. The molecule has 0 amide bonds. The highest BCUT2D eigenvalue weighted by atomic mass is 127. The molecular formula is C24H40IN3O3. The van der Waals surface area contributed by atoms with E-state index in [4.69, 9.17) is 14.2 Å². The van der Waals surface area contributed by atoms with Gasteiger partial charge in [-0.05, 0) is 62.0 Å². The van der Waals surface area contributed by atoms with Crippen LogP contribution in [-0.4, -0.2) is 59.1 Å². The van der Waals surface area contributed by atoms with E-state index in [0.717, 1.165) is 84.2 Å². The van der Waals surface area contributed by atoms with Gasteiger partial charge in [-0.25, -0.2) is 0 Å². The summed E-state index contributed by atoms with van der Waals surface area (Å²) in [7, 11) is 1.81. The Labute approximate surface area is 204 Å². The molecule has 0 spiro atoms. The summed E-state index contributed by atoms with van der Waals surface area (Å²) in [6, 6.07) is 8.70. The summed E-state index contributed by atoms with van der Waals surface area (Å²) in [5.74, 6) is 1.52. The number of hydrogen-bond donors (Lipinski definition) is 2. The Balaban J connectivity index is 0.00000341. The zero-order valence-electron chi connectivity index (χ0n) is 18.9. The van der Waals surface area contributed by atoms with Gasteiger partial charge < -0.3 is 24.8 Å². The second kappa shape index (κ2) is 15.8. The van der Waals surface area contributed by atoms with Crippen LogP contribution >= 0.6 is 24.0 Å². The Morgan fingerprint density at radius 2 is 1.81 bits per heavy atom. The first-order chi connectivity index (χ1) is 14.9. The lowest BCUT2D eigenvalue weighted by Crippen LogP contribution is -2.38. The van der Waals surface area contributed by atoms with Crippen molar-refractivity contribution in [2.75, 3.05) is 53.2 Å². The largest absolute Gasteiger partial charge is 0.381 e. The van der Waals surface area contributed by atoms with E-state index in [1.165, 1.54) is 24.0 Å². The smallest absolute Gasteiger partial charge is 0.190 e. The molecule has 1 unspecified atom stereocenters. The van der Waals surface area contributed by atoms with Gasteiger partial charge in [0.15, 0.2) is 5.96 Å². The molecule has 0 bridgehead atoms.